The van der Waals surface area contributed by atoms with Gasteiger partial charge in [-0.3, -0.25) is 4.90 Å². The molecule has 0 radical (unpaired) electrons. The Morgan fingerprint density at radius 3 is 2.50 bits per heavy atom. The van der Waals surface area contributed by atoms with Gasteiger partial charge in [0.1, 0.15) is 11.9 Å². The molecule has 6 nitrogen and oxygen atoms in total. The van der Waals surface area contributed by atoms with Crippen LogP contribution < -0.4 is 4.72 Å². The van der Waals surface area contributed by atoms with Crippen LogP contribution in [0.15, 0.2) is 53.4 Å². The van der Waals surface area contributed by atoms with E-state index in [0.717, 1.165) is 18.4 Å². The van der Waals surface area contributed by atoms with Gasteiger partial charge in [0.25, 0.3) is 0 Å². The first kappa shape index (κ1) is 22.4. The highest BCUT2D eigenvalue weighted by molar-refractivity contribution is 7.89. The van der Waals surface area contributed by atoms with Crippen LogP contribution in [0.2, 0.25) is 0 Å². The average molecular weight is 435 g/mol. The number of nitrogens with zero attached hydrogens (tertiary/aromatic N) is 1. The molecule has 3 rings (SSSR count). The zero-order chi connectivity index (χ0) is 21.7. The number of ether oxygens (including phenoxy) is 1. The van der Waals surface area contributed by atoms with E-state index in [4.69, 9.17) is 4.74 Å². The van der Waals surface area contributed by atoms with Crippen LogP contribution in [0.1, 0.15) is 30.0 Å². The van der Waals surface area contributed by atoms with Crippen molar-refractivity contribution in [3.05, 3.63) is 65.5 Å². The highest BCUT2D eigenvalue weighted by atomic mass is 32.2. The molecule has 0 bridgehead atoms. The summed E-state index contributed by atoms with van der Waals surface area (Å²) in [5.74, 6) is -0.738. The molecular formula is C22H27FN2O4S. The summed E-state index contributed by atoms with van der Waals surface area (Å²) in [7, 11) is -2.26. The average Bonchev–Trinajstić information content (AvgIpc) is 2.74. The van der Waals surface area contributed by atoms with Gasteiger partial charge in [-0.2, -0.15) is 0 Å². The van der Waals surface area contributed by atoms with Gasteiger partial charge in [0.15, 0.2) is 0 Å². The second-order valence-electron chi connectivity index (χ2n) is 7.65. The maximum Gasteiger partial charge on any atom is 0.327 e. The summed E-state index contributed by atoms with van der Waals surface area (Å²) in [6, 6.07) is 11.9. The lowest BCUT2D eigenvalue weighted by Gasteiger charge is -2.37. The van der Waals surface area contributed by atoms with Crippen molar-refractivity contribution in [1.29, 1.82) is 0 Å². The van der Waals surface area contributed by atoms with Crippen molar-refractivity contribution in [3.63, 3.8) is 0 Å². The summed E-state index contributed by atoms with van der Waals surface area (Å²) < 4.78 is 46.1. The maximum absolute atomic E-state index is 13.3. The highest BCUT2D eigenvalue weighted by Gasteiger charge is 2.33. The van der Waals surface area contributed by atoms with Crippen molar-refractivity contribution in [2.45, 2.75) is 30.7 Å². The Labute approximate surface area is 177 Å². The molecule has 0 aromatic heterocycles. The van der Waals surface area contributed by atoms with Crippen molar-refractivity contribution in [2.75, 3.05) is 26.7 Å². The van der Waals surface area contributed by atoms with Crippen LogP contribution in [-0.2, 0) is 19.6 Å². The Bertz CT molecular complexity index is 962. The van der Waals surface area contributed by atoms with Crippen LogP contribution in [0, 0.1) is 18.7 Å². The van der Waals surface area contributed by atoms with Crippen LogP contribution >= 0.6 is 0 Å². The standard InChI is InChI=1S/C22H27FN2O4S/c1-16-5-11-20(12-6-16)30(27,28)24-14-17-4-3-13-25(15-17)21(22(26)29-2)18-7-9-19(23)10-8-18/h5-12,17,21,24H,3-4,13-15H2,1-2H3. The third-order valence-corrected chi connectivity index (χ3v) is 6.86. The number of piperidine rings is 1. The summed E-state index contributed by atoms with van der Waals surface area (Å²) in [5, 5.41) is 0. The monoisotopic (exact) mass is 434 g/mol. The lowest BCUT2D eigenvalue weighted by molar-refractivity contribution is -0.148. The van der Waals surface area contributed by atoms with E-state index in [1.165, 1.54) is 19.2 Å². The van der Waals surface area contributed by atoms with Gasteiger partial charge in [0.05, 0.1) is 12.0 Å². The van der Waals surface area contributed by atoms with Crippen molar-refractivity contribution >= 4 is 16.0 Å². The number of halogens is 1. The van der Waals surface area contributed by atoms with Crippen LogP contribution in [0.3, 0.4) is 0 Å². The summed E-state index contributed by atoms with van der Waals surface area (Å²) in [5.41, 5.74) is 1.65. The molecular weight excluding hydrogens is 407 g/mol. The number of carbonyl (C=O) groups excluding carboxylic acids is 1. The summed E-state index contributed by atoms with van der Waals surface area (Å²) >= 11 is 0. The molecule has 0 amide bonds. The number of methoxy groups -OCH3 is 1. The number of sulfonamides is 1. The SMILES string of the molecule is COC(=O)C(c1ccc(F)cc1)N1CCCC(CNS(=O)(=O)c2ccc(C)cc2)C1. The molecule has 0 aliphatic carbocycles. The van der Waals surface area contributed by atoms with Gasteiger partial charge in [-0.15, -0.1) is 0 Å². The molecule has 1 aliphatic heterocycles. The second-order valence-corrected chi connectivity index (χ2v) is 9.41. The normalized spacial score (nSPS) is 18.7. The molecule has 30 heavy (non-hydrogen) atoms. The Balaban J connectivity index is 1.69. The largest absolute Gasteiger partial charge is 0.468 e. The van der Waals surface area contributed by atoms with E-state index < -0.39 is 22.0 Å². The molecule has 2 unspecified atom stereocenters. The summed E-state index contributed by atoms with van der Waals surface area (Å²) in [4.78, 5) is 14.7. The molecule has 2 atom stereocenters. The first-order chi connectivity index (χ1) is 14.3. The fraction of sp³-hybridized carbons (Fsp3) is 0.409. The Morgan fingerprint density at radius 2 is 1.87 bits per heavy atom. The number of aryl methyl sites for hydroxylation is 1. The van der Waals surface area contributed by atoms with Crippen LogP contribution in [0.25, 0.3) is 0 Å². The molecule has 1 N–H and O–H groups in total. The van der Waals surface area contributed by atoms with Crippen molar-refractivity contribution in [2.24, 2.45) is 5.92 Å². The Kier molecular flexibility index (Phi) is 7.23. The molecule has 1 aliphatic rings. The maximum atomic E-state index is 13.3. The van der Waals surface area contributed by atoms with Gasteiger partial charge >= 0.3 is 5.97 Å². The third-order valence-electron chi connectivity index (χ3n) is 5.42. The van der Waals surface area contributed by atoms with Crippen LogP contribution in [0.5, 0.6) is 0 Å². The van der Waals surface area contributed by atoms with Crippen LogP contribution in [0.4, 0.5) is 4.39 Å². The molecule has 1 heterocycles. The van der Waals surface area contributed by atoms with E-state index in [0.29, 0.717) is 18.7 Å². The molecule has 1 fully saturated rings. The van der Waals surface area contributed by atoms with E-state index in [9.17, 15) is 17.6 Å². The minimum absolute atomic E-state index is 0.0478. The van der Waals surface area contributed by atoms with Gasteiger partial charge in [-0.25, -0.2) is 22.3 Å². The molecule has 0 saturated carbocycles. The third kappa shape index (κ3) is 5.44. The number of benzene rings is 2. The molecule has 8 heteroatoms. The van der Waals surface area contributed by atoms with Crippen LogP contribution in [-0.4, -0.2) is 46.0 Å². The topological polar surface area (TPSA) is 75.7 Å². The fourth-order valence-corrected chi connectivity index (χ4v) is 4.90. The van der Waals surface area contributed by atoms with E-state index in [2.05, 4.69) is 4.72 Å². The molecule has 2 aromatic rings. The second kappa shape index (κ2) is 9.68. The number of carbonyl (C=O) groups is 1. The van der Waals surface area contributed by atoms with E-state index in [1.54, 1.807) is 36.4 Å². The lowest BCUT2D eigenvalue weighted by Crippen LogP contribution is -2.44. The number of rotatable bonds is 7. The summed E-state index contributed by atoms with van der Waals surface area (Å²) in [6.45, 7) is 3.40. The van der Waals surface area contributed by atoms with Crippen molar-refractivity contribution in [1.82, 2.24) is 9.62 Å². The van der Waals surface area contributed by atoms with E-state index in [1.807, 2.05) is 11.8 Å². The van der Waals surface area contributed by atoms with Gasteiger partial charge in [0.2, 0.25) is 10.0 Å². The van der Waals surface area contributed by atoms with E-state index in [-0.39, 0.29) is 23.2 Å². The first-order valence-corrected chi connectivity index (χ1v) is 11.4. The molecule has 162 valence electrons. The molecule has 2 aromatic carbocycles. The Morgan fingerprint density at radius 1 is 1.20 bits per heavy atom. The smallest absolute Gasteiger partial charge is 0.327 e. The van der Waals surface area contributed by atoms with Gasteiger partial charge in [0, 0.05) is 13.1 Å². The minimum atomic E-state index is -3.59. The zero-order valence-electron chi connectivity index (χ0n) is 17.2. The predicted octanol–water partition coefficient (Wildman–Crippen LogP) is 3.04. The van der Waals surface area contributed by atoms with Gasteiger partial charge in [-0.05, 0) is 62.1 Å². The minimum Gasteiger partial charge on any atom is -0.468 e. The van der Waals surface area contributed by atoms with Gasteiger partial charge in [-0.1, -0.05) is 29.8 Å². The highest BCUT2D eigenvalue weighted by Crippen LogP contribution is 2.28. The fourth-order valence-electron chi connectivity index (χ4n) is 3.78. The number of hydrogen-bond acceptors (Lipinski definition) is 5. The number of hydrogen-bond donors (Lipinski definition) is 1. The molecule has 1 saturated heterocycles. The quantitative estimate of drug-likeness (QED) is 0.678. The van der Waals surface area contributed by atoms with Crippen molar-refractivity contribution in [3.8, 4) is 0 Å². The summed E-state index contributed by atoms with van der Waals surface area (Å²) in [6.07, 6.45) is 1.68. The number of likely N-dealkylation sites (tertiary alicyclic amines) is 1. The van der Waals surface area contributed by atoms with E-state index >= 15 is 0 Å². The molecule has 0 spiro atoms. The van der Waals surface area contributed by atoms with Gasteiger partial charge < -0.3 is 4.74 Å². The Hall–Kier alpha value is -2.29. The van der Waals surface area contributed by atoms with Crippen molar-refractivity contribution < 1.29 is 22.3 Å². The lowest BCUT2D eigenvalue weighted by atomic mass is 9.95. The predicted molar refractivity (Wildman–Crippen MR) is 112 cm³/mol. The first-order valence-electron chi connectivity index (χ1n) is 9.94. The number of nitrogens with one attached hydrogen (secondary N) is 1. The number of esters is 1. The zero-order valence-corrected chi connectivity index (χ0v) is 18.0.